The summed E-state index contributed by atoms with van der Waals surface area (Å²) < 4.78 is 0. The van der Waals surface area contributed by atoms with Crippen LogP contribution >= 0.6 is 11.6 Å². The zero-order valence-electron chi connectivity index (χ0n) is 10.2. The minimum atomic E-state index is -0.0850. The molecule has 17 heavy (non-hydrogen) atoms. The number of nitrogens with zero attached hydrogens (tertiary/aromatic N) is 1. The number of hydrogen-bond donors (Lipinski definition) is 2. The van der Waals surface area contributed by atoms with Crippen LogP contribution in [0.5, 0.6) is 0 Å². The Labute approximate surface area is 107 Å². The maximum atomic E-state index is 11.7. The van der Waals surface area contributed by atoms with Crippen LogP contribution in [0, 0.1) is 6.92 Å². The Balaban J connectivity index is 2.56. The first-order valence-electron chi connectivity index (χ1n) is 5.71. The fourth-order valence-electron chi connectivity index (χ4n) is 1.57. The first-order chi connectivity index (χ1) is 8.02. The monoisotopic (exact) mass is 255 g/mol. The van der Waals surface area contributed by atoms with Gasteiger partial charge in [-0.1, -0.05) is 24.9 Å². The standard InChI is InChI=1S/C12H18ClN3O/c1-3-4-9(14)7-12(17)16-10-5-6-11(13)15-8(10)2/h5-6,9H,3-4,7,14H2,1-2H3,(H,16,17). The van der Waals surface area contributed by atoms with E-state index in [9.17, 15) is 4.79 Å². The predicted octanol–water partition coefficient (Wildman–Crippen LogP) is 2.50. The lowest BCUT2D eigenvalue weighted by atomic mass is 10.1. The Morgan fingerprint density at radius 2 is 2.29 bits per heavy atom. The van der Waals surface area contributed by atoms with E-state index in [1.54, 1.807) is 19.1 Å². The van der Waals surface area contributed by atoms with Crippen molar-refractivity contribution in [2.75, 3.05) is 5.32 Å². The van der Waals surface area contributed by atoms with E-state index in [2.05, 4.69) is 10.3 Å². The van der Waals surface area contributed by atoms with Crippen LogP contribution in [0.2, 0.25) is 5.15 Å². The molecule has 1 amide bonds. The highest BCUT2D eigenvalue weighted by atomic mass is 35.5. The van der Waals surface area contributed by atoms with Gasteiger partial charge in [-0.3, -0.25) is 4.79 Å². The average Bonchev–Trinajstić information content (AvgIpc) is 2.22. The molecule has 1 atom stereocenters. The van der Waals surface area contributed by atoms with Gasteiger partial charge in [0.15, 0.2) is 0 Å². The van der Waals surface area contributed by atoms with Crippen LogP contribution in [-0.4, -0.2) is 16.9 Å². The van der Waals surface area contributed by atoms with Crippen molar-refractivity contribution in [3.8, 4) is 0 Å². The molecule has 1 aromatic heterocycles. The highest BCUT2D eigenvalue weighted by molar-refractivity contribution is 6.29. The van der Waals surface area contributed by atoms with Crippen molar-refractivity contribution in [1.29, 1.82) is 0 Å². The predicted molar refractivity (Wildman–Crippen MR) is 70.1 cm³/mol. The molecule has 0 spiro atoms. The van der Waals surface area contributed by atoms with E-state index in [1.807, 2.05) is 6.92 Å². The van der Waals surface area contributed by atoms with Crippen LogP contribution in [0.1, 0.15) is 31.9 Å². The zero-order valence-corrected chi connectivity index (χ0v) is 10.9. The smallest absolute Gasteiger partial charge is 0.225 e. The average molecular weight is 256 g/mol. The van der Waals surface area contributed by atoms with Gasteiger partial charge in [-0.25, -0.2) is 4.98 Å². The molecule has 5 heteroatoms. The molecule has 0 fully saturated rings. The minimum absolute atomic E-state index is 0.0828. The molecule has 94 valence electrons. The van der Waals surface area contributed by atoms with E-state index in [-0.39, 0.29) is 11.9 Å². The molecule has 1 rings (SSSR count). The number of rotatable bonds is 5. The van der Waals surface area contributed by atoms with Crippen molar-refractivity contribution in [1.82, 2.24) is 4.98 Å². The number of nitrogens with one attached hydrogen (secondary N) is 1. The summed E-state index contributed by atoms with van der Waals surface area (Å²) in [6.45, 7) is 3.85. The molecule has 0 aliphatic carbocycles. The molecule has 1 aromatic rings. The summed E-state index contributed by atoms with van der Waals surface area (Å²) >= 11 is 5.74. The Bertz CT molecular complexity index is 395. The van der Waals surface area contributed by atoms with Gasteiger partial charge < -0.3 is 11.1 Å². The number of aromatic nitrogens is 1. The lowest BCUT2D eigenvalue weighted by Crippen LogP contribution is -2.27. The van der Waals surface area contributed by atoms with Crippen LogP contribution in [0.4, 0.5) is 5.69 Å². The second kappa shape index (κ2) is 6.57. The molecule has 1 heterocycles. The number of amides is 1. The summed E-state index contributed by atoms with van der Waals surface area (Å²) in [7, 11) is 0. The number of halogens is 1. The van der Waals surface area contributed by atoms with Crippen molar-refractivity contribution in [3.05, 3.63) is 23.0 Å². The molecule has 1 unspecified atom stereocenters. The fraction of sp³-hybridized carbons (Fsp3) is 0.500. The second-order valence-corrected chi connectivity index (χ2v) is 4.46. The Hall–Kier alpha value is -1.13. The first kappa shape index (κ1) is 13.9. The van der Waals surface area contributed by atoms with Gasteiger partial charge in [0.25, 0.3) is 0 Å². The van der Waals surface area contributed by atoms with Crippen molar-refractivity contribution in [2.24, 2.45) is 5.73 Å². The lowest BCUT2D eigenvalue weighted by Gasteiger charge is -2.11. The van der Waals surface area contributed by atoms with Crippen LogP contribution in [0.25, 0.3) is 0 Å². The maximum absolute atomic E-state index is 11.7. The third-order valence-corrected chi connectivity index (χ3v) is 2.64. The molecule has 0 bridgehead atoms. The van der Waals surface area contributed by atoms with Gasteiger partial charge in [-0.15, -0.1) is 0 Å². The molecule has 0 radical (unpaired) electrons. The van der Waals surface area contributed by atoms with Gasteiger partial charge in [0.1, 0.15) is 5.15 Å². The van der Waals surface area contributed by atoms with Gasteiger partial charge in [0, 0.05) is 12.5 Å². The van der Waals surface area contributed by atoms with Crippen LogP contribution in [0.15, 0.2) is 12.1 Å². The van der Waals surface area contributed by atoms with E-state index in [0.717, 1.165) is 12.8 Å². The molecule has 0 aromatic carbocycles. The van der Waals surface area contributed by atoms with Gasteiger partial charge in [0.05, 0.1) is 11.4 Å². The van der Waals surface area contributed by atoms with E-state index in [0.29, 0.717) is 23.0 Å². The molecular weight excluding hydrogens is 238 g/mol. The number of aryl methyl sites for hydroxylation is 1. The molecule has 4 nitrogen and oxygen atoms in total. The van der Waals surface area contributed by atoms with E-state index in [1.165, 1.54) is 0 Å². The largest absolute Gasteiger partial charge is 0.327 e. The van der Waals surface area contributed by atoms with Crippen molar-refractivity contribution < 1.29 is 4.79 Å². The number of nitrogens with two attached hydrogens (primary N) is 1. The molecule has 3 N–H and O–H groups in total. The third-order valence-electron chi connectivity index (χ3n) is 2.43. The summed E-state index contributed by atoms with van der Waals surface area (Å²) in [6, 6.07) is 3.31. The first-order valence-corrected chi connectivity index (χ1v) is 6.09. The van der Waals surface area contributed by atoms with E-state index < -0.39 is 0 Å². The summed E-state index contributed by atoms with van der Waals surface area (Å²) in [4.78, 5) is 15.7. The Morgan fingerprint density at radius 3 is 2.88 bits per heavy atom. The van der Waals surface area contributed by atoms with Gasteiger partial charge in [-0.05, 0) is 25.5 Å². The maximum Gasteiger partial charge on any atom is 0.225 e. The molecule has 0 saturated heterocycles. The van der Waals surface area contributed by atoms with Crippen LogP contribution < -0.4 is 11.1 Å². The van der Waals surface area contributed by atoms with Crippen molar-refractivity contribution >= 4 is 23.2 Å². The minimum Gasteiger partial charge on any atom is -0.327 e. The van der Waals surface area contributed by atoms with Crippen LogP contribution in [0.3, 0.4) is 0 Å². The van der Waals surface area contributed by atoms with Crippen LogP contribution in [-0.2, 0) is 4.79 Å². The SMILES string of the molecule is CCCC(N)CC(=O)Nc1ccc(Cl)nc1C. The van der Waals surface area contributed by atoms with E-state index in [4.69, 9.17) is 17.3 Å². The summed E-state index contributed by atoms with van der Waals surface area (Å²) in [5.41, 5.74) is 7.19. The summed E-state index contributed by atoms with van der Waals surface area (Å²) in [6.07, 6.45) is 2.16. The highest BCUT2D eigenvalue weighted by Gasteiger charge is 2.10. The summed E-state index contributed by atoms with van der Waals surface area (Å²) in [5.74, 6) is -0.0850. The number of carbonyl (C=O) groups is 1. The number of carbonyl (C=O) groups excluding carboxylic acids is 1. The van der Waals surface area contributed by atoms with E-state index >= 15 is 0 Å². The fourth-order valence-corrected chi connectivity index (χ4v) is 1.76. The molecular formula is C12H18ClN3O. The Morgan fingerprint density at radius 1 is 1.59 bits per heavy atom. The van der Waals surface area contributed by atoms with Gasteiger partial charge in [-0.2, -0.15) is 0 Å². The third kappa shape index (κ3) is 4.71. The van der Waals surface area contributed by atoms with Crippen molar-refractivity contribution in [3.63, 3.8) is 0 Å². The molecule has 0 saturated carbocycles. The number of hydrogen-bond acceptors (Lipinski definition) is 3. The number of pyridine rings is 1. The summed E-state index contributed by atoms with van der Waals surface area (Å²) in [5, 5.41) is 3.21. The number of anilines is 1. The van der Waals surface area contributed by atoms with Crippen molar-refractivity contribution in [2.45, 2.75) is 39.2 Å². The highest BCUT2D eigenvalue weighted by Crippen LogP contribution is 2.16. The lowest BCUT2D eigenvalue weighted by molar-refractivity contribution is -0.116. The van der Waals surface area contributed by atoms with Gasteiger partial charge in [0.2, 0.25) is 5.91 Å². The normalized spacial score (nSPS) is 12.2. The Kier molecular flexibility index (Phi) is 5.38. The second-order valence-electron chi connectivity index (χ2n) is 4.07. The molecule has 0 aliphatic rings. The topological polar surface area (TPSA) is 68.0 Å². The zero-order chi connectivity index (χ0) is 12.8. The molecule has 0 aliphatic heterocycles. The quantitative estimate of drug-likeness (QED) is 0.795. The van der Waals surface area contributed by atoms with Gasteiger partial charge >= 0.3 is 0 Å².